The van der Waals surface area contributed by atoms with E-state index in [-0.39, 0.29) is 30.6 Å². The average Bonchev–Trinajstić information content (AvgIpc) is 3.20. The lowest BCUT2D eigenvalue weighted by Gasteiger charge is -2.35. The number of carbonyl (C=O) groups is 1. The maximum absolute atomic E-state index is 13.2. The van der Waals surface area contributed by atoms with Gasteiger partial charge in [0, 0.05) is 32.1 Å². The SMILES string of the molecule is CC(=O)N1CCc2c(C(O)N3CCC(c4cc(C(F)(F)F)cc(C(F)(F)F)c4)CC3)n[nH]c2C1. The summed E-state index contributed by atoms with van der Waals surface area (Å²) in [5.41, 5.74) is -0.619. The number of aromatic nitrogens is 2. The van der Waals surface area contributed by atoms with Crippen LogP contribution in [0.1, 0.15) is 65.6 Å². The Labute approximate surface area is 191 Å². The summed E-state index contributed by atoms with van der Waals surface area (Å²) in [4.78, 5) is 15.0. The summed E-state index contributed by atoms with van der Waals surface area (Å²) < 4.78 is 79.2. The van der Waals surface area contributed by atoms with Gasteiger partial charge in [-0.25, -0.2) is 0 Å². The first-order valence-electron chi connectivity index (χ1n) is 10.9. The van der Waals surface area contributed by atoms with E-state index in [0.29, 0.717) is 38.0 Å². The van der Waals surface area contributed by atoms with E-state index in [1.807, 2.05) is 0 Å². The van der Waals surface area contributed by atoms with Crippen molar-refractivity contribution >= 4 is 5.91 Å². The number of rotatable bonds is 3. The van der Waals surface area contributed by atoms with Crippen molar-refractivity contribution in [3.8, 4) is 0 Å². The molecule has 0 saturated carbocycles. The molecule has 2 N–H and O–H groups in total. The summed E-state index contributed by atoms with van der Waals surface area (Å²) in [7, 11) is 0. The number of aliphatic hydroxyl groups excluding tert-OH is 1. The number of nitrogens with zero attached hydrogens (tertiary/aromatic N) is 3. The Bertz CT molecular complexity index is 1020. The zero-order valence-corrected chi connectivity index (χ0v) is 18.3. The van der Waals surface area contributed by atoms with E-state index in [4.69, 9.17) is 0 Å². The van der Waals surface area contributed by atoms with Gasteiger partial charge in [0.15, 0.2) is 6.23 Å². The van der Waals surface area contributed by atoms with Crippen LogP contribution in [0.25, 0.3) is 0 Å². The quantitative estimate of drug-likeness (QED) is 0.632. The Morgan fingerprint density at radius 3 is 2.18 bits per heavy atom. The molecule has 1 unspecified atom stereocenters. The summed E-state index contributed by atoms with van der Waals surface area (Å²) in [5, 5.41) is 18.0. The zero-order valence-electron chi connectivity index (χ0n) is 18.3. The number of piperidine rings is 1. The highest BCUT2D eigenvalue weighted by Crippen LogP contribution is 2.40. The number of halogens is 6. The number of benzene rings is 1. The number of H-pyrrole nitrogens is 1. The lowest BCUT2D eigenvalue weighted by molar-refractivity contribution is -0.143. The zero-order chi connectivity index (χ0) is 24.8. The van der Waals surface area contributed by atoms with Crippen molar-refractivity contribution in [2.45, 2.75) is 57.2 Å². The van der Waals surface area contributed by atoms with E-state index in [1.54, 1.807) is 9.80 Å². The predicted octanol–water partition coefficient (Wildman–Crippen LogP) is 4.22. The number of hydrogen-bond acceptors (Lipinski definition) is 4. The molecule has 3 heterocycles. The number of fused-ring (bicyclic) bond motifs is 1. The molecular weight excluding hydrogens is 466 g/mol. The van der Waals surface area contributed by atoms with Crippen molar-refractivity contribution < 1.29 is 36.2 Å². The minimum absolute atomic E-state index is 0.00207. The van der Waals surface area contributed by atoms with Crippen molar-refractivity contribution in [3.63, 3.8) is 0 Å². The number of alkyl halides is 6. The van der Waals surface area contributed by atoms with E-state index in [2.05, 4.69) is 10.2 Å². The summed E-state index contributed by atoms with van der Waals surface area (Å²) in [6, 6.07) is 1.71. The third-order valence-corrected chi connectivity index (χ3v) is 6.61. The number of carbonyl (C=O) groups excluding carboxylic acids is 1. The predicted molar refractivity (Wildman–Crippen MR) is 108 cm³/mol. The highest BCUT2D eigenvalue weighted by Gasteiger charge is 2.38. The maximum atomic E-state index is 13.2. The van der Waals surface area contributed by atoms with Gasteiger partial charge in [0.1, 0.15) is 5.69 Å². The molecule has 1 atom stereocenters. The van der Waals surface area contributed by atoms with Gasteiger partial charge in [-0.05, 0) is 48.9 Å². The van der Waals surface area contributed by atoms with E-state index < -0.39 is 35.6 Å². The largest absolute Gasteiger partial charge is 0.416 e. The van der Waals surface area contributed by atoms with E-state index >= 15 is 0 Å². The molecule has 34 heavy (non-hydrogen) atoms. The van der Waals surface area contributed by atoms with Gasteiger partial charge >= 0.3 is 12.4 Å². The number of aliphatic hydroxyl groups is 1. The van der Waals surface area contributed by atoms with Crippen LogP contribution < -0.4 is 0 Å². The van der Waals surface area contributed by atoms with Crippen LogP contribution in [-0.2, 0) is 30.1 Å². The average molecular weight is 490 g/mol. The Kier molecular flexibility index (Phi) is 6.40. The van der Waals surface area contributed by atoms with Crippen LogP contribution in [0.3, 0.4) is 0 Å². The van der Waals surface area contributed by atoms with E-state index in [9.17, 15) is 36.2 Å². The van der Waals surface area contributed by atoms with Crippen molar-refractivity contribution in [3.05, 3.63) is 51.8 Å². The second-order valence-electron chi connectivity index (χ2n) is 8.78. The maximum Gasteiger partial charge on any atom is 0.416 e. The third kappa shape index (κ3) is 4.92. The highest BCUT2D eigenvalue weighted by atomic mass is 19.4. The molecule has 1 saturated heterocycles. The van der Waals surface area contributed by atoms with Crippen LogP contribution >= 0.6 is 0 Å². The van der Waals surface area contributed by atoms with Crippen LogP contribution in [0.15, 0.2) is 18.2 Å². The highest BCUT2D eigenvalue weighted by molar-refractivity contribution is 5.73. The lowest BCUT2D eigenvalue weighted by Crippen LogP contribution is -2.38. The van der Waals surface area contributed by atoms with Gasteiger partial charge in [-0.3, -0.25) is 14.8 Å². The Balaban J connectivity index is 1.48. The molecule has 1 amide bonds. The van der Waals surface area contributed by atoms with Crippen molar-refractivity contribution in [1.29, 1.82) is 0 Å². The molecule has 1 aromatic carbocycles. The molecule has 0 bridgehead atoms. The molecule has 2 aliphatic rings. The second kappa shape index (κ2) is 8.88. The fourth-order valence-electron chi connectivity index (χ4n) is 4.69. The Hall–Kier alpha value is -2.60. The standard InChI is InChI=1S/C22H24F6N4O2/c1-12(33)32-7-4-17-18(11-32)29-30-19(17)20(34)31-5-2-13(3-6-31)14-8-15(21(23,24)25)10-16(9-14)22(26,27)28/h8-10,13,20,34H,2-7,11H2,1H3,(H,29,30). The summed E-state index contributed by atoms with van der Waals surface area (Å²) in [6.07, 6.45) is -9.72. The molecule has 0 radical (unpaired) electrons. The first-order chi connectivity index (χ1) is 15.8. The fraction of sp³-hybridized carbons (Fsp3) is 0.545. The number of nitrogens with one attached hydrogen (secondary N) is 1. The molecule has 0 spiro atoms. The number of hydrogen-bond donors (Lipinski definition) is 2. The Morgan fingerprint density at radius 1 is 1.06 bits per heavy atom. The van der Waals surface area contributed by atoms with Gasteiger partial charge in [-0.1, -0.05) is 0 Å². The molecule has 6 nitrogen and oxygen atoms in total. The fourth-order valence-corrected chi connectivity index (χ4v) is 4.69. The van der Waals surface area contributed by atoms with Crippen molar-refractivity contribution in [2.75, 3.05) is 19.6 Å². The molecule has 1 aromatic heterocycles. The van der Waals surface area contributed by atoms with Gasteiger partial charge in [0.25, 0.3) is 0 Å². The first-order valence-corrected chi connectivity index (χ1v) is 10.9. The molecule has 0 aliphatic carbocycles. The van der Waals surface area contributed by atoms with Gasteiger partial charge in [-0.15, -0.1) is 0 Å². The van der Waals surface area contributed by atoms with Crippen molar-refractivity contribution in [2.24, 2.45) is 0 Å². The van der Waals surface area contributed by atoms with Gasteiger partial charge in [-0.2, -0.15) is 31.4 Å². The normalized spacial score (nSPS) is 19.2. The molecular formula is C22H24F6N4O2. The third-order valence-electron chi connectivity index (χ3n) is 6.61. The summed E-state index contributed by atoms with van der Waals surface area (Å²) >= 11 is 0. The Morgan fingerprint density at radius 2 is 1.65 bits per heavy atom. The smallest absolute Gasteiger partial charge is 0.372 e. The molecule has 12 heteroatoms. The minimum Gasteiger partial charge on any atom is -0.372 e. The monoisotopic (exact) mass is 490 g/mol. The van der Waals surface area contributed by atoms with Crippen LogP contribution in [-0.4, -0.2) is 50.6 Å². The topological polar surface area (TPSA) is 72.5 Å². The van der Waals surface area contributed by atoms with E-state index in [0.717, 1.165) is 23.4 Å². The molecule has 4 rings (SSSR count). The number of aromatic amines is 1. The molecule has 186 valence electrons. The van der Waals surface area contributed by atoms with Gasteiger partial charge in [0.2, 0.25) is 5.91 Å². The van der Waals surface area contributed by atoms with Crippen LogP contribution in [0.5, 0.6) is 0 Å². The number of likely N-dealkylation sites (tertiary alicyclic amines) is 1. The lowest BCUT2D eigenvalue weighted by atomic mass is 9.87. The van der Waals surface area contributed by atoms with E-state index in [1.165, 1.54) is 6.92 Å². The van der Waals surface area contributed by atoms with Crippen LogP contribution in [0, 0.1) is 0 Å². The molecule has 2 aromatic rings. The van der Waals surface area contributed by atoms with Gasteiger partial charge in [0.05, 0.1) is 23.4 Å². The minimum atomic E-state index is -4.89. The first kappa shape index (κ1) is 24.5. The summed E-state index contributed by atoms with van der Waals surface area (Å²) in [6.45, 7) is 2.91. The summed E-state index contributed by atoms with van der Waals surface area (Å²) in [5.74, 6) is -0.559. The van der Waals surface area contributed by atoms with Crippen LogP contribution in [0.2, 0.25) is 0 Å². The second-order valence-corrected chi connectivity index (χ2v) is 8.78. The van der Waals surface area contributed by atoms with Crippen LogP contribution in [0.4, 0.5) is 26.3 Å². The molecule has 2 aliphatic heterocycles. The number of amides is 1. The van der Waals surface area contributed by atoms with Crippen molar-refractivity contribution in [1.82, 2.24) is 20.0 Å². The molecule has 1 fully saturated rings. The van der Waals surface area contributed by atoms with Gasteiger partial charge < -0.3 is 10.0 Å².